The van der Waals surface area contributed by atoms with Crippen molar-refractivity contribution in [3.8, 4) is 23.0 Å². The highest BCUT2D eigenvalue weighted by molar-refractivity contribution is 5.71. The first-order valence-electron chi connectivity index (χ1n) is 29.7. The monoisotopic (exact) mass is 1180 g/mol. The van der Waals surface area contributed by atoms with Gasteiger partial charge in [-0.1, -0.05) is 250 Å². The second-order valence-electron chi connectivity index (χ2n) is 31.9. The van der Waals surface area contributed by atoms with Crippen molar-refractivity contribution in [1.29, 1.82) is 0 Å². The molecule has 4 aromatic rings. The van der Waals surface area contributed by atoms with E-state index >= 15 is 0 Å². The van der Waals surface area contributed by atoms with Crippen molar-refractivity contribution in [2.75, 3.05) is 0 Å². The highest BCUT2D eigenvalue weighted by Crippen LogP contribution is 2.44. The molecule has 4 rings (SSSR count). The molecule has 0 saturated carbocycles. The van der Waals surface area contributed by atoms with Gasteiger partial charge in [-0.3, -0.25) is 19.2 Å². The number of rotatable bonds is 12. The van der Waals surface area contributed by atoms with Gasteiger partial charge in [-0.15, -0.1) is 0 Å². The molecule has 0 bridgehead atoms. The van der Waals surface area contributed by atoms with E-state index in [2.05, 4.69) is 166 Å². The molecule has 0 spiro atoms. The lowest BCUT2D eigenvalue weighted by atomic mass is 9.77. The van der Waals surface area contributed by atoms with E-state index in [0.717, 1.165) is 66.8 Å². The van der Waals surface area contributed by atoms with Crippen molar-refractivity contribution < 1.29 is 60.0 Å². The zero-order chi connectivity index (χ0) is 66.3. The van der Waals surface area contributed by atoms with Gasteiger partial charge in [-0.25, -0.2) is 0 Å². The molecule has 0 heterocycles. The quantitative estimate of drug-likeness (QED) is 0.0662. The summed E-state index contributed by atoms with van der Waals surface area (Å²) in [7, 11) is 0. The van der Waals surface area contributed by atoms with E-state index in [1.54, 1.807) is 27.7 Å². The van der Waals surface area contributed by atoms with Gasteiger partial charge in [0.15, 0.2) is 0 Å². The van der Waals surface area contributed by atoms with Crippen LogP contribution in [-0.2, 0) is 88.2 Å². The van der Waals surface area contributed by atoms with Crippen LogP contribution in [0.5, 0.6) is 23.0 Å². The van der Waals surface area contributed by atoms with E-state index in [1.807, 2.05) is 48.5 Å². The Kier molecular flexibility index (Phi) is 27.0. The summed E-state index contributed by atoms with van der Waals surface area (Å²) in [5.74, 6) is -3.58. The summed E-state index contributed by atoms with van der Waals surface area (Å²) >= 11 is 0. The Hall–Kier alpha value is -6.04. The Balaban J connectivity index is 0.00000110. The molecule has 85 heavy (non-hydrogen) atoms. The number of phenols is 4. The van der Waals surface area contributed by atoms with Crippen LogP contribution in [-0.4, -0.2) is 64.7 Å². The van der Waals surface area contributed by atoms with Gasteiger partial charge >= 0.3 is 23.9 Å². The lowest BCUT2D eigenvalue weighted by Crippen LogP contribution is -2.19. The minimum Gasteiger partial charge on any atom is -0.507 e. The molecule has 0 saturated heterocycles. The molecule has 4 atom stereocenters. The Bertz CT molecular complexity index is 2380. The predicted molar refractivity (Wildman–Crippen MR) is 351 cm³/mol. The lowest BCUT2D eigenvalue weighted by molar-refractivity contribution is -0.142. The number of carboxylic acid groups (broad SMARTS) is 4. The van der Waals surface area contributed by atoms with Crippen LogP contribution in [0.25, 0.3) is 0 Å². The van der Waals surface area contributed by atoms with Crippen molar-refractivity contribution in [2.24, 2.45) is 23.7 Å². The first-order valence-corrected chi connectivity index (χ1v) is 29.7. The predicted octanol–water partition coefficient (Wildman–Crippen LogP) is 17.6. The van der Waals surface area contributed by atoms with Crippen LogP contribution in [0.3, 0.4) is 0 Å². The van der Waals surface area contributed by atoms with Crippen molar-refractivity contribution >= 4 is 23.9 Å². The normalized spacial score (nSPS) is 13.9. The summed E-state index contributed by atoms with van der Waals surface area (Å²) in [5.41, 5.74) is 9.39. The molecule has 0 aliphatic rings. The summed E-state index contributed by atoms with van der Waals surface area (Å²) in [6, 6.07) is 15.6. The topological polar surface area (TPSA) is 230 Å². The largest absolute Gasteiger partial charge is 0.507 e. The van der Waals surface area contributed by atoms with Crippen molar-refractivity contribution in [3.05, 3.63) is 115 Å². The zero-order valence-corrected chi connectivity index (χ0v) is 57.0. The Morgan fingerprint density at radius 1 is 0.271 bits per heavy atom. The fourth-order valence-electron chi connectivity index (χ4n) is 9.59. The number of hydrogen-bond donors (Lipinski definition) is 8. The van der Waals surface area contributed by atoms with Crippen LogP contribution >= 0.6 is 0 Å². The van der Waals surface area contributed by atoms with Crippen LogP contribution in [0, 0.1) is 23.7 Å². The SMILES string of the molecule is C.CC(Cc1cc(C(C)(C)C)c(O)c(C(C)(C)C)c1)C(=O)O.CC(Cc1cc(C(C)(C)C)c(O)c(C(C)(C)C)c1)C(=O)O.CC(Cc1cc(C(C)(C)C)c(O)c(C(C)(C)C)c1)C(=O)O.CC(Cc1cc(C(C)(C)C)c(O)c(C(C)(C)C)c1)C(=O)O. The molecule has 12 heteroatoms. The van der Waals surface area contributed by atoms with Gasteiger partial charge in [-0.05, 0) is 136 Å². The summed E-state index contributed by atoms with van der Waals surface area (Å²) in [4.78, 5) is 44.3. The number of carboxylic acids is 4. The Morgan fingerprint density at radius 2 is 0.365 bits per heavy atom. The van der Waals surface area contributed by atoms with Crippen molar-refractivity contribution in [1.82, 2.24) is 0 Å². The average Bonchev–Trinajstić information content (AvgIpc) is 3.28. The molecule has 0 fully saturated rings. The van der Waals surface area contributed by atoms with Gasteiger partial charge in [0.25, 0.3) is 0 Å². The third-order valence-electron chi connectivity index (χ3n) is 15.0. The van der Waals surface area contributed by atoms with Gasteiger partial charge < -0.3 is 40.9 Å². The number of phenolic OH excluding ortho intramolecular Hbond substituents is 4. The molecule has 0 amide bonds. The first kappa shape index (κ1) is 79.0. The maximum absolute atomic E-state index is 11.1. The molecule has 8 N–H and O–H groups in total. The first-order chi connectivity index (χ1) is 37.3. The van der Waals surface area contributed by atoms with Crippen molar-refractivity contribution in [3.63, 3.8) is 0 Å². The molecular formula is C73H116O12. The highest BCUT2D eigenvalue weighted by atomic mass is 16.4. The molecule has 0 aliphatic heterocycles. The van der Waals surface area contributed by atoms with Gasteiger partial charge in [0.05, 0.1) is 23.7 Å². The van der Waals surface area contributed by atoms with Crippen LogP contribution in [0.4, 0.5) is 0 Å². The standard InChI is InChI=1S/4C18H28O3.CH4/c4*1-11(16(20)21)8-12-9-13(17(2,3)4)15(19)14(10-12)18(5,6)7;/h4*9-11,19H,8H2,1-7H3,(H,20,21);1H4. The van der Waals surface area contributed by atoms with Crippen LogP contribution in [0.15, 0.2) is 48.5 Å². The molecule has 0 aromatic heterocycles. The van der Waals surface area contributed by atoms with E-state index in [0.29, 0.717) is 48.7 Å². The smallest absolute Gasteiger partial charge is 0.306 e. The third kappa shape index (κ3) is 23.6. The summed E-state index contributed by atoms with van der Waals surface area (Å²) in [6.45, 7) is 56.2. The Morgan fingerprint density at radius 3 is 0.435 bits per heavy atom. The fourth-order valence-corrected chi connectivity index (χ4v) is 9.59. The molecular weight excluding hydrogens is 1070 g/mol. The average molecular weight is 1190 g/mol. The zero-order valence-electron chi connectivity index (χ0n) is 57.0. The van der Waals surface area contributed by atoms with Crippen LogP contribution in [0.2, 0.25) is 0 Å². The molecule has 0 aliphatic carbocycles. The molecule has 4 unspecified atom stereocenters. The second-order valence-corrected chi connectivity index (χ2v) is 31.9. The maximum atomic E-state index is 11.1. The van der Waals surface area contributed by atoms with E-state index in [-0.39, 0.29) is 50.7 Å². The summed E-state index contributed by atoms with van der Waals surface area (Å²) in [6.07, 6.45) is 1.90. The number of aliphatic carboxylic acids is 4. The third-order valence-corrected chi connectivity index (χ3v) is 15.0. The lowest BCUT2D eigenvalue weighted by Gasteiger charge is -2.28. The van der Waals surface area contributed by atoms with E-state index in [9.17, 15) is 39.6 Å². The van der Waals surface area contributed by atoms with Crippen LogP contribution in [0.1, 0.15) is 268 Å². The van der Waals surface area contributed by atoms with Gasteiger partial charge in [0.2, 0.25) is 0 Å². The second kappa shape index (κ2) is 29.1. The highest BCUT2D eigenvalue weighted by Gasteiger charge is 2.32. The van der Waals surface area contributed by atoms with Gasteiger partial charge in [0.1, 0.15) is 23.0 Å². The van der Waals surface area contributed by atoms with Gasteiger partial charge in [-0.2, -0.15) is 0 Å². The summed E-state index contributed by atoms with van der Waals surface area (Å²) < 4.78 is 0. The summed E-state index contributed by atoms with van der Waals surface area (Å²) in [5, 5.41) is 78.9. The number of aromatic hydroxyl groups is 4. The molecule has 12 nitrogen and oxygen atoms in total. The number of benzene rings is 4. The minimum absolute atomic E-state index is 0. The molecule has 4 aromatic carbocycles. The van der Waals surface area contributed by atoms with Crippen molar-refractivity contribution in [2.45, 2.75) is 270 Å². The number of carbonyl (C=O) groups is 4. The van der Waals surface area contributed by atoms with Gasteiger partial charge in [0, 0.05) is 0 Å². The van der Waals surface area contributed by atoms with Crippen LogP contribution < -0.4 is 0 Å². The van der Waals surface area contributed by atoms with E-state index in [1.165, 1.54) is 0 Å². The number of hydrogen-bond acceptors (Lipinski definition) is 8. The van der Waals surface area contributed by atoms with E-state index < -0.39 is 47.5 Å². The molecule has 480 valence electrons. The van der Waals surface area contributed by atoms with E-state index in [4.69, 9.17) is 20.4 Å². The minimum atomic E-state index is -0.794. The fraction of sp³-hybridized carbons (Fsp3) is 0.616. The maximum Gasteiger partial charge on any atom is 0.306 e. The Labute approximate surface area is 514 Å². The molecule has 0 radical (unpaired) electrons.